The monoisotopic (exact) mass is 746 g/mol. The first-order valence-corrected chi connectivity index (χ1v) is 19.7. The third-order valence-electron chi connectivity index (χ3n) is 10.2. The van der Waals surface area contributed by atoms with Crippen molar-refractivity contribution in [3.63, 3.8) is 0 Å². The van der Waals surface area contributed by atoms with Crippen LogP contribution in [0, 0.1) is 69.2 Å². The van der Waals surface area contributed by atoms with Gasteiger partial charge >= 0.3 is 0 Å². The van der Waals surface area contributed by atoms with Crippen LogP contribution >= 0.6 is 11.3 Å². The zero-order valence-corrected chi connectivity index (χ0v) is 34.9. The first-order chi connectivity index (χ1) is 26.5. The highest BCUT2D eigenvalue weighted by atomic mass is 32.1. The molecular formula is C51H54O3S. The van der Waals surface area contributed by atoms with Gasteiger partial charge in [0.1, 0.15) is 11.3 Å². The molecule has 8 aromatic rings. The van der Waals surface area contributed by atoms with Gasteiger partial charge in [-0.2, -0.15) is 0 Å². The van der Waals surface area contributed by atoms with Crippen LogP contribution in [-0.2, 0) is 0 Å². The lowest BCUT2D eigenvalue weighted by atomic mass is 9.97. The smallest absolute Gasteiger partial charge is 0.231 e. The number of fused-ring (bicyclic) bond motifs is 3. The molecule has 0 bridgehead atoms. The molecule has 0 fully saturated rings. The summed E-state index contributed by atoms with van der Waals surface area (Å²) in [7, 11) is 0. The zero-order valence-electron chi connectivity index (χ0n) is 34.0. The average molecular weight is 747 g/mol. The molecule has 0 spiro atoms. The normalized spacial score (nSPS) is 10.9. The molecular weight excluding hydrogens is 693 g/mol. The summed E-state index contributed by atoms with van der Waals surface area (Å²) in [5.74, 6) is 2.80. The fraction of sp³-hybridized carbons (Fsp3) is 0.216. The summed E-state index contributed by atoms with van der Waals surface area (Å²) in [6.45, 7) is 21.5. The van der Waals surface area contributed by atoms with Gasteiger partial charge < -0.3 is 13.9 Å². The Kier molecular flexibility index (Phi) is 14.1. The van der Waals surface area contributed by atoms with Crippen LogP contribution in [0.2, 0.25) is 0 Å². The van der Waals surface area contributed by atoms with E-state index in [1.54, 1.807) is 0 Å². The van der Waals surface area contributed by atoms with Crippen LogP contribution in [0.15, 0.2) is 138 Å². The first-order valence-electron chi connectivity index (χ1n) is 18.8. The molecule has 0 atom stereocenters. The second-order valence-electron chi connectivity index (χ2n) is 14.0. The van der Waals surface area contributed by atoms with E-state index in [1.165, 1.54) is 76.0 Å². The van der Waals surface area contributed by atoms with Crippen LogP contribution in [0.25, 0.3) is 32.2 Å². The zero-order chi connectivity index (χ0) is 39.5. The molecule has 0 amide bonds. The Bertz CT molecular complexity index is 2340. The molecule has 6 aromatic carbocycles. The van der Waals surface area contributed by atoms with Crippen molar-refractivity contribution in [1.29, 1.82) is 0 Å². The fourth-order valence-electron chi connectivity index (χ4n) is 6.22. The highest BCUT2D eigenvalue weighted by molar-refractivity contribution is 7.19. The van der Waals surface area contributed by atoms with E-state index in [-0.39, 0.29) is 0 Å². The van der Waals surface area contributed by atoms with Crippen molar-refractivity contribution in [1.82, 2.24) is 0 Å². The Balaban J connectivity index is 0.000000133. The highest BCUT2D eigenvalue weighted by Gasteiger charge is 2.16. The maximum atomic E-state index is 5.50. The van der Waals surface area contributed by atoms with Crippen LogP contribution in [0.1, 0.15) is 55.1 Å². The molecule has 0 saturated carbocycles. The number of aryl methyl sites for hydroxylation is 9. The van der Waals surface area contributed by atoms with Gasteiger partial charge in [0.25, 0.3) is 0 Å². The van der Waals surface area contributed by atoms with E-state index in [0.717, 1.165) is 22.8 Å². The van der Waals surface area contributed by atoms with Crippen molar-refractivity contribution in [2.24, 2.45) is 0 Å². The molecule has 282 valence electrons. The number of hydrogen-bond donors (Lipinski definition) is 0. The third-order valence-corrected chi connectivity index (χ3v) is 11.4. The van der Waals surface area contributed by atoms with E-state index in [0.29, 0.717) is 6.79 Å². The predicted molar refractivity (Wildman–Crippen MR) is 236 cm³/mol. The summed E-state index contributed by atoms with van der Waals surface area (Å²) in [6, 6.07) is 46.0. The summed E-state index contributed by atoms with van der Waals surface area (Å²) in [6.07, 6.45) is 0. The van der Waals surface area contributed by atoms with Crippen molar-refractivity contribution < 1.29 is 13.9 Å². The van der Waals surface area contributed by atoms with Crippen LogP contribution in [0.5, 0.6) is 11.5 Å². The molecule has 1 aliphatic heterocycles. The third kappa shape index (κ3) is 10.3. The lowest BCUT2D eigenvalue weighted by Crippen LogP contribution is -1.93. The van der Waals surface area contributed by atoms with Crippen LogP contribution in [0.4, 0.5) is 0 Å². The maximum Gasteiger partial charge on any atom is 0.231 e. The van der Waals surface area contributed by atoms with Crippen molar-refractivity contribution in [2.45, 2.75) is 69.2 Å². The van der Waals surface area contributed by atoms with Crippen molar-refractivity contribution >= 4 is 32.4 Å². The number of para-hydroxylation sites is 1. The second kappa shape index (κ2) is 19.1. The lowest BCUT2D eigenvalue weighted by molar-refractivity contribution is 0.173. The Morgan fingerprint density at radius 3 is 1.47 bits per heavy atom. The summed E-state index contributed by atoms with van der Waals surface area (Å²) < 4.78 is 17.4. The van der Waals surface area contributed by atoms with Crippen LogP contribution in [0.3, 0.4) is 0 Å². The summed E-state index contributed by atoms with van der Waals surface area (Å²) in [5.41, 5.74) is 14.2. The number of benzene rings is 6. The van der Waals surface area contributed by atoms with E-state index >= 15 is 0 Å². The molecule has 1 aliphatic rings. The Hall–Kier alpha value is -5.58. The summed E-state index contributed by atoms with van der Waals surface area (Å²) in [4.78, 5) is 1.44. The maximum absolute atomic E-state index is 5.50. The van der Waals surface area contributed by atoms with Gasteiger partial charge in [-0.1, -0.05) is 115 Å². The fourth-order valence-corrected chi connectivity index (χ4v) is 7.29. The van der Waals surface area contributed by atoms with Gasteiger partial charge in [-0.05, 0) is 148 Å². The van der Waals surface area contributed by atoms with Gasteiger partial charge in [-0.3, -0.25) is 0 Å². The number of ether oxygens (including phenoxy) is 2. The Labute approximate surface area is 332 Å². The minimum absolute atomic E-state index is 0.361. The standard InChI is InChI=1S/C14H14.C10H10O.C10H10S.C9H10O2.C8H10/c1-11-7-3-5-9-13(11)14-10-6-4-8-12(14)2;2*1-7-8(2)11-10-6-4-3-5-9(7)10;1-6-3-4-8-9(7(6)2)11-5-10-8;1-7-5-3-4-6-8(7)2/h3-10H,1-2H3;2*3-6H,1-2H3;3-4H,5H2,1-2H3;3-6H,1-2H3. The molecule has 4 heteroatoms. The lowest BCUT2D eigenvalue weighted by Gasteiger charge is -2.08. The van der Waals surface area contributed by atoms with Gasteiger partial charge in [-0.15, -0.1) is 11.3 Å². The van der Waals surface area contributed by atoms with Crippen molar-refractivity contribution in [2.75, 3.05) is 6.79 Å². The SMILES string of the molecule is Cc1ccc2c(c1C)OCO2.Cc1ccccc1-c1ccccc1C.Cc1ccccc1C.Cc1oc2ccccc2c1C.Cc1sc2ccccc2c1C. The first kappa shape index (κ1) is 40.6. The predicted octanol–water partition coefficient (Wildman–Crippen LogP) is 14.9. The molecule has 9 rings (SSSR count). The van der Waals surface area contributed by atoms with E-state index in [4.69, 9.17) is 13.9 Å². The Morgan fingerprint density at radius 1 is 0.418 bits per heavy atom. The number of rotatable bonds is 1. The van der Waals surface area contributed by atoms with E-state index in [1.807, 2.05) is 55.5 Å². The van der Waals surface area contributed by atoms with Gasteiger partial charge in [-0.25, -0.2) is 0 Å². The van der Waals surface area contributed by atoms with Gasteiger partial charge in [0, 0.05) is 15.0 Å². The van der Waals surface area contributed by atoms with Crippen LogP contribution in [-0.4, -0.2) is 6.79 Å². The minimum Gasteiger partial charge on any atom is -0.461 e. The van der Waals surface area contributed by atoms with Crippen molar-refractivity contribution in [3.05, 3.63) is 189 Å². The van der Waals surface area contributed by atoms with Crippen molar-refractivity contribution in [3.8, 4) is 22.6 Å². The molecule has 0 N–H and O–H groups in total. The summed E-state index contributed by atoms with van der Waals surface area (Å²) in [5, 5.41) is 2.64. The topological polar surface area (TPSA) is 31.6 Å². The minimum atomic E-state index is 0.361. The number of hydrogen-bond acceptors (Lipinski definition) is 4. The molecule has 0 aliphatic carbocycles. The van der Waals surface area contributed by atoms with E-state index in [2.05, 4.69) is 159 Å². The molecule has 0 saturated heterocycles. The van der Waals surface area contributed by atoms with Gasteiger partial charge in [0.2, 0.25) is 6.79 Å². The largest absolute Gasteiger partial charge is 0.461 e. The van der Waals surface area contributed by atoms with Crippen LogP contribution < -0.4 is 9.47 Å². The molecule has 55 heavy (non-hydrogen) atoms. The van der Waals surface area contributed by atoms with E-state index < -0.39 is 0 Å². The molecule has 3 nitrogen and oxygen atoms in total. The Morgan fingerprint density at radius 2 is 0.927 bits per heavy atom. The van der Waals surface area contributed by atoms with E-state index in [9.17, 15) is 0 Å². The summed E-state index contributed by atoms with van der Waals surface area (Å²) >= 11 is 1.88. The second-order valence-corrected chi connectivity index (χ2v) is 15.3. The quantitative estimate of drug-likeness (QED) is 0.168. The molecule has 0 unspecified atom stereocenters. The molecule has 2 aromatic heterocycles. The number of thiophene rings is 1. The highest BCUT2D eigenvalue weighted by Crippen LogP contribution is 2.36. The molecule has 3 heterocycles. The molecule has 0 radical (unpaired) electrons. The van der Waals surface area contributed by atoms with Gasteiger partial charge in [0.05, 0.1) is 0 Å². The van der Waals surface area contributed by atoms with Gasteiger partial charge in [0.15, 0.2) is 11.5 Å². The number of furan rings is 1. The average Bonchev–Trinajstić information content (AvgIpc) is 3.88.